The van der Waals surface area contributed by atoms with Crippen LogP contribution >= 0.6 is 0 Å². The van der Waals surface area contributed by atoms with Crippen LogP contribution in [0.15, 0.2) is 0 Å². The van der Waals surface area contributed by atoms with Crippen molar-refractivity contribution in [1.29, 1.82) is 0 Å². The zero-order chi connectivity index (χ0) is 47.5. The van der Waals surface area contributed by atoms with Crippen LogP contribution in [0.3, 0.4) is 0 Å². The zero-order valence-corrected chi connectivity index (χ0v) is 44.6. The van der Waals surface area contributed by atoms with E-state index in [-0.39, 0.29) is 31.1 Å². The molecule has 0 spiro atoms. The SMILES string of the molecule is CCCCCCCCCC(=O)O[C@@H](COC(=O)CCCCCCCCCCCCCCCCCCCCC(C)CC)COC(=O)CCCCCCCCCCCCCCCCC(C)CC. The third-order valence-corrected chi connectivity index (χ3v) is 14.2. The highest BCUT2D eigenvalue weighted by Crippen LogP contribution is 2.19. The van der Waals surface area contributed by atoms with Gasteiger partial charge in [0.2, 0.25) is 0 Å². The van der Waals surface area contributed by atoms with Crippen molar-refractivity contribution in [3.63, 3.8) is 0 Å². The molecule has 6 nitrogen and oxygen atoms in total. The van der Waals surface area contributed by atoms with Gasteiger partial charge in [0.15, 0.2) is 6.10 Å². The number of hydrogen-bond acceptors (Lipinski definition) is 6. The second kappa shape index (κ2) is 51.8. The van der Waals surface area contributed by atoms with E-state index in [9.17, 15) is 14.4 Å². The Morgan fingerprint density at radius 2 is 0.538 bits per heavy atom. The second-order valence-corrected chi connectivity index (χ2v) is 20.8. The Kier molecular flexibility index (Phi) is 50.5. The van der Waals surface area contributed by atoms with E-state index in [2.05, 4.69) is 34.6 Å². The summed E-state index contributed by atoms with van der Waals surface area (Å²) < 4.78 is 16.8. The molecule has 386 valence electrons. The molecule has 65 heavy (non-hydrogen) atoms. The topological polar surface area (TPSA) is 78.9 Å². The Labute approximate surface area is 406 Å². The highest BCUT2D eigenvalue weighted by molar-refractivity contribution is 5.71. The molecule has 0 saturated heterocycles. The van der Waals surface area contributed by atoms with E-state index in [0.717, 1.165) is 69.6 Å². The van der Waals surface area contributed by atoms with Gasteiger partial charge in [0, 0.05) is 19.3 Å². The Morgan fingerprint density at radius 1 is 0.308 bits per heavy atom. The fourth-order valence-corrected chi connectivity index (χ4v) is 8.99. The molecular formula is C59H114O6. The van der Waals surface area contributed by atoms with E-state index in [4.69, 9.17) is 14.2 Å². The number of carbonyl (C=O) groups is 3. The molecule has 2 unspecified atom stereocenters. The summed E-state index contributed by atoms with van der Waals surface area (Å²) in [4.78, 5) is 37.9. The van der Waals surface area contributed by atoms with Crippen molar-refractivity contribution in [2.75, 3.05) is 13.2 Å². The number of rotatable bonds is 53. The van der Waals surface area contributed by atoms with Crippen LogP contribution in [0.4, 0.5) is 0 Å². The van der Waals surface area contributed by atoms with Gasteiger partial charge in [-0.05, 0) is 31.1 Å². The molecule has 0 amide bonds. The number of carbonyl (C=O) groups excluding carboxylic acids is 3. The summed E-state index contributed by atoms with van der Waals surface area (Å²) in [5.41, 5.74) is 0. The van der Waals surface area contributed by atoms with Crippen LogP contribution in [0.5, 0.6) is 0 Å². The lowest BCUT2D eigenvalue weighted by atomic mass is 9.99. The van der Waals surface area contributed by atoms with Crippen molar-refractivity contribution in [2.45, 2.75) is 336 Å². The van der Waals surface area contributed by atoms with Crippen molar-refractivity contribution in [3.8, 4) is 0 Å². The van der Waals surface area contributed by atoms with Crippen molar-refractivity contribution >= 4 is 17.9 Å². The number of esters is 3. The van der Waals surface area contributed by atoms with E-state index < -0.39 is 6.10 Å². The molecule has 0 aromatic heterocycles. The number of ether oxygens (including phenoxy) is 3. The fraction of sp³-hybridized carbons (Fsp3) is 0.949. The van der Waals surface area contributed by atoms with Crippen LogP contribution in [-0.4, -0.2) is 37.2 Å². The lowest BCUT2D eigenvalue weighted by Gasteiger charge is -2.18. The predicted molar refractivity (Wildman–Crippen MR) is 280 cm³/mol. The molecule has 3 atom stereocenters. The van der Waals surface area contributed by atoms with Gasteiger partial charge in [-0.15, -0.1) is 0 Å². The van der Waals surface area contributed by atoms with Crippen molar-refractivity contribution in [3.05, 3.63) is 0 Å². The summed E-state index contributed by atoms with van der Waals surface area (Å²) in [6, 6.07) is 0. The van der Waals surface area contributed by atoms with Gasteiger partial charge in [-0.3, -0.25) is 14.4 Å². The summed E-state index contributed by atoms with van der Waals surface area (Å²) in [5.74, 6) is 0.959. The molecule has 0 aliphatic carbocycles. The van der Waals surface area contributed by atoms with E-state index in [1.165, 1.54) is 218 Å². The minimum Gasteiger partial charge on any atom is -0.462 e. The molecule has 0 saturated carbocycles. The molecule has 0 rings (SSSR count). The second-order valence-electron chi connectivity index (χ2n) is 20.8. The van der Waals surface area contributed by atoms with Gasteiger partial charge in [0.05, 0.1) is 0 Å². The minimum absolute atomic E-state index is 0.0634. The van der Waals surface area contributed by atoms with Gasteiger partial charge in [-0.25, -0.2) is 0 Å². The summed E-state index contributed by atoms with van der Waals surface area (Å²) in [7, 11) is 0. The molecule has 0 aromatic rings. The first-order chi connectivity index (χ1) is 31.8. The van der Waals surface area contributed by atoms with E-state index in [1.807, 2.05) is 0 Å². The zero-order valence-electron chi connectivity index (χ0n) is 44.6. The van der Waals surface area contributed by atoms with Crippen molar-refractivity contribution in [2.24, 2.45) is 11.8 Å². The first-order valence-electron chi connectivity index (χ1n) is 29.3. The average Bonchev–Trinajstić information content (AvgIpc) is 3.30. The Balaban J connectivity index is 4.08. The molecule has 0 N–H and O–H groups in total. The average molecular weight is 920 g/mol. The molecule has 0 bridgehead atoms. The standard InChI is InChI=1S/C59H114O6/c1-6-9-10-11-32-41-46-51-59(62)65-56(53-64-58(61)50-45-40-36-31-27-23-19-18-21-25-29-34-38-43-48-55(5)8-3)52-63-57(60)49-44-39-35-30-26-22-17-15-13-12-14-16-20-24-28-33-37-42-47-54(4)7-2/h54-56H,6-53H2,1-5H3/t54?,55?,56-/m0/s1. The predicted octanol–water partition coefficient (Wildman–Crippen LogP) is 19.3. The molecule has 0 aliphatic heterocycles. The first kappa shape index (κ1) is 63.4. The summed E-state index contributed by atoms with van der Waals surface area (Å²) in [5, 5.41) is 0. The maximum absolute atomic E-state index is 12.7. The molecule has 0 heterocycles. The third-order valence-electron chi connectivity index (χ3n) is 14.2. The summed E-state index contributed by atoms with van der Waals surface area (Å²) >= 11 is 0. The molecular weight excluding hydrogens is 805 g/mol. The van der Waals surface area contributed by atoms with E-state index in [1.54, 1.807) is 0 Å². The quantitative estimate of drug-likeness (QED) is 0.0344. The maximum atomic E-state index is 12.7. The Morgan fingerprint density at radius 3 is 0.800 bits per heavy atom. The maximum Gasteiger partial charge on any atom is 0.306 e. The van der Waals surface area contributed by atoms with Crippen LogP contribution in [0.2, 0.25) is 0 Å². The van der Waals surface area contributed by atoms with Crippen LogP contribution in [0.1, 0.15) is 330 Å². The largest absolute Gasteiger partial charge is 0.462 e. The number of hydrogen-bond donors (Lipinski definition) is 0. The third kappa shape index (κ3) is 50.1. The first-order valence-corrected chi connectivity index (χ1v) is 29.3. The van der Waals surface area contributed by atoms with Gasteiger partial charge in [0.1, 0.15) is 13.2 Å². The molecule has 0 aliphatic rings. The van der Waals surface area contributed by atoms with Crippen LogP contribution < -0.4 is 0 Å². The Bertz CT molecular complexity index is 997. The smallest absolute Gasteiger partial charge is 0.306 e. The van der Waals surface area contributed by atoms with Gasteiger partial charge in [-0.2, -0.15) is 0 Å². The van der Waals surface area contributed by atoms with Crippen LogP contribution in [0.25, 0.3) is 0 Å². The Hall–Kier alpha value is -1.59. The molecule has 0 aromatic carbocycles. The van der Waals surface area contributed by atoms with Gasteiger partial charge in [0.25, 0.3) is 0 Å². The molecule has 0 radical (unpaired) electrons. The highest BCUT2D eigenvalue weighted by Gasteiger charge is 2.19. The molecule has 6 heteroatoms. The molecule has 0 fully saturated rings. The van der Waals surface area contributed by atoms with Gasteiger partial charge in [-0.1, -0.05) is 291 Å². The monoisotopic (exact) mass is 919 g/mol. The van der Waals surface area contributed by atoms with Crippen molar-refractivity contribution < 1.29 is 28.6 Å². The van der Waals surface area contributed by atoms with Crippen LogP contribution in [0, 0.1) is 11.8 Å². The lowest BCUT2D eigenvalue weighted by Crippen LogP contribution is -2.30. The van der Waals surface area contributed by atoms with Crippen molar-refractivity contribution in [1.82, 2.24) is 0 Å². The minimum atomic E-state index is -0.761. The van der Waals surface area contributed by atoms with E-state index in [0.29, 0.717) is 19.3 Å². The van der Waals surface area contributed by atoms with Crippen LogP contribution in [-0.2, 0) is 28.6 Å². The highest BCUT2D eigenvalue weighted by atomic mass is 16.6. The number of unbranched alkanes of at least 4 members (excludes halogenated alkanes) is 36. The van der Waals surface area contributed by atoms with Gasteiger partial charge < -0.3 is 14.2 Å². The summed E-state index contributed by atoms with van der Waals surface area (Å²) in [6.45, 7) is 11.5. The lowest BCUT2D eigenvalue weighted by molar-refractivity contribution is -0.167. The van der Waals surface area contributed by atoms with Gasteiger partial charge >= 0.3 is 17.9 Å². The normalized spacial score (nSPS) is 12.9. The summed E-state index contributed by atoms with van der Waals surface area (Å²) in [6.07, 6.45) is 55.3. The van der Waals surface area contributed by atoms with E-state index >= 15 is 0 Å². The fourth-order valence-electron chi connectivity index (χ4n) is 8.99.